The summed E-state index contributed by atoms with van der Waals surface area (Å²) in [5, 5.41) is 13.4. The minimum Gasteiger partial charge on any atom is -0.748 e. The van der Waals surface area contributed by atoms with Crippen molar-refractivity contribution in [3.63, 3.8) is 0 Å². The highest BCUT2D eigenvalue weighted by Crippen LogP contribution is 2.55. The van der Waals surface area contributed by atoms with E-state index in [9.17, 15) is 31.7 Å². The van der Waals surface area contributed by atoms with Crippen LogP contribution in [0.5, 0.6) is 0 Å². The molecule has 60 heavy (non-hydrogen) atoms. The summed E-state index contributed by atoms with van der Waals surface area (Å²) in [6.45, 7) is 0. The Morgan fingerprint density at radius 2 is 0.767 bits per heavy atom. The van der Waals surface area contributed by atoms with Crippen molar-refractivity contribution in [3.05, 3.63) is 182 Å². The van der Waals surface area contributed by atoms with Crippen LogP contribution in [0, 0.1) is 17.8 Å². The van der Waals surface area contributed by atoms with Gasteiger partial charge in [0.15, 0.2) is 29.4 Å². The van der Waals surface area contributed by atoms with Crippen molar-refractivity contribution in [2.75, 3.05) is 5.75 Å². The summed E-state index contributed by atoms with van der Waals surface area (Å²) in [5.41, 5.74) is -0.0897. The van der Waals surface area contributed by atoms with Gasteiger partial charge in [-0.25, -0.2) is 17.2 Å². The van der Waals surface area contributed by atoms with Crippen molar-refractivity contribution in [2.24, 2.45) is 17.8 Å². The number of rotatable bonds is 9. The van der Waals surface area contributed by atoms with E-state index in [2.05, 4.69) is 187 Å². The van der Waals surface area contributed by atoms with Crippen LogP contribution in [-0.2, 0) is 31.9 Å². The third kappa shape index (κ3) is 13.3. The van der Waals surface area contributed by atoms with E-state index in [-0.39, 0.29) is 27.3 Å². The molecule has 11 heteroatoms. The topological polar surface area (TPSA) is 109 Å². The average molecular weight is 866 g/mol. The highest BCUT2D eigenvalue weighted by Gasteiger charge is 2.50. The number of hydrogen-bond donors (Lipinski definition) is 1. The van der Waals surface area contributed by atoms with Crippen LogP contribution in [0.2, 0.25) is 0 Å². The number of hydrogen-bond acceptors (Lipinski definition) is 5. The Morgan fingerprint density at radius 3 is 0.933 bits per heavy atom. The summed E-state index contributed by atoms with van der Waals surface area (Å²) in [6, 6.07) is 64.3. The van der Waals surface area contributed by atoms with Gasteiger partial charge in [-0.3, -0.25) is 0 Å². The van der Waals surface area contributed by atoms with Gasteiger partial charge in [0.2, 0.25) is 0 Å². The van der Waals surface area contributed by atoms with Crippen LogP contribution >= 0.6 is 0 Å². The van der Waals surface area contributed by atoms with Gasteiger partial charge >= 0.3 is 0 Å². The molecule has 1 amide bonds. The van der Waals surface area contributed by atoms with E-state index >= 15 is 0 Å². The van der Waals surface area contributed by atoms with Crippen molar-refractivity contribution in [3.8, 4) is 0 Å². The van der Waals surface area contributed by atoms with Crippen LogP contribution in [0.15, 0.2) is 211 Å². The van der Waals surface area contributed by atoms with Gasteiger partial charge in [0.1, 0.15) is 16.2 Å². The maximum Gasteiger partial charge on any atom is 0.251 e. The van der Waals surface area contributed by atoms with Gasteiger partial charge in [-0.2, -0.15) is 0 Å². The minimum absolute atomic E-state index is 0.0146. The molecule has 0 aromatic heterocycles. The Balaban J connectivity index is 0.000000140. The Bertz CT molecular complexity index is 1950. The van der Waals surface area contributed by atoms with Crippen LogP contribution in [0.4, 0.5) is 13.6 Å². The number of nitrogens with one attached hydrogen (secondary N) is 1. The molecule has 6 aromatic rings. The monoisotopic (exact) mass is 865 g/mol. The molecule has 4 saturated carbocycles. The van der Waals surface area contributed by atoms with E-state index in [1.807, 2.05) is 0 Å². The first-order chi connectivity index (χ1) is 29.0. The molecule has 10 rings (SSSR count). The predicted octanol–water partition coefficient (Wildman–Crippen LogP) is 10.2. The van der Waals surface area contributed by atoms with E-state index < -0.39 is 28.4 Å². The SMILES string of the molecule is O=C([O-])NC12CC3CC(CC(C3)C1)C2.O=S(=O)([O-])CC(F)F.c1ccc([S+](c2ccccc2)c2ccccc2)cc1.c1ccc([S+](c2ccccc2)c2ccccc2)cc1. The molecule has 4 fully saturated rings. The molecule has 0 spiro atoms. The highest BCUT2D eigenvalue weighted by molar-refractivity contribution is 7.97. The molecule has 0 unspecified atom stereocenters. The summed E-state index contributed by atoms with van der Waals surface area (Å²) in [7, 11) is -4.75. The van der Waals surface area contributed by atoms with E-state index in [4.69, 9.17) is 0 Å². The van der Waals surface area contributed by atoms with Gasteiger partial charge in [0, 0.05) is 5.54 Å². The first kappa shape index (κ1) is 44.6. The molecular weight excluding hydrogens is 817 g/mol. The summed E-state index contributed by atoms with van der Waals surface area (Å²) in [4.78, 5) is 18.8. The van der Waals surface area contributed by atoms with Crippen molar-refractivity contribution in [2.45, 2.75) is 79.9 Å². The van der Waals surface area contributed by atoms with Gasteiger partial charge in [-0.05, 0) is 129 Å². The van der Waals surface area contributed by atoms with E-state index in [0.717, 1.165) is 37.0 Å². The lowest BCUT2D eigenvalue weighted by Gasteiger charge is -2.57. The predicted molar refractivity (Wildman–Crippen MR) is 233 cm³/mol. The van der Waals surface area contributed by atoms with Crippen molar-refractivity contribution in [1.29, 1.82) is 0 Å². The van der Waals surface area contributed by atoms with Gasteiger partial charge in [-0.1, -0.05) is 109 Å². The Kier molecular flexibility index (Phi) is 16.0. The number of carbonyl (C=O) groups is 1. The molecule has 0 saturated heterocycles. The zero-order chi connectivity index (χ0) is 42.4. The standard InChI is InChI=1S/2C18H15S.C11H17NO2.C2H4F2O3S/c2*1-4-10-16(11-5-1)19(17-12-6-2-7-13-17)18-14-8-3-9-15-18;13-10(14)12-11-4-7-1-8(5-11)3-9(2-7)6-11;3-2(4)1-8(5,6)7/h2*1-15H;7-9,12H,1-6H2,(H,13,14);2H,1H2,(H,5,6,7)/q2*+1;;/p-2. The molecule has 0 atom stereocenters. The molecule has 6 nitrogen and oxygen atoms in total. The van der Waals surface area contributed by atoms with Gasteiger partial charge in [-0.15, -0.1) is 0 Å². The maximum absolute atomic E-state index is 11.0. The second kappa shape index (κ2) is 21.5. The normalized spacial score (nSPS) is 19.9. The molecule has 4 bridgehead atoms. The van der Waals surface area contributed by atoms with Crippen LogP contribution in [-0.4, -0.2) is 36.8 Å². The number of amides is 1. The maximum atomic E-state index is 11.0. The van der Waals surface area contributed by atoms with Crippen LogP contribution < -0.4 is 10.4 Å². The minimum atomic E-state index is -4.72. The van der Waals surface area contributed by atoms with Crippen molar-refractivity contribution >= 4 is 38.0 Å². The smallest absolute Gasteiger partial charge is 0.251 e. The highest BCUT2D eigenvalue weighted by atomic mass is 32.2. The van der Waals surface area contributed by atoms with Gasteiger partial charge in [0.05, 0.1) is 27.5 Å². The quantitative estimate of drug-likeness (QED) is 0.115. The fraction of sp³-hybridized carbons (Fsp3) is 0.245. The van der Waals surface area contributed by atoms with Crippen LogP contribution in [0.3, 0.4) is 0 Å². The summed E-state index contributed by atoms with van der Waals surface area (Å²) >= 11 is 0. The lowest BCUT2D eigenvalue weighted by molar-refractivity contribution is -0.255. The zero-order valence-corrected chi connectivity index (χ0v) is 35.6. The second-order valence-electron chi connectivity index (χ2n) is 15.2. The molecule has 4 aliphatic carbocycles. The number of halogens is 2. The number of carboxylic acid groups (broad SMARTS) is 1. The lowest BCUT2D eigenvalue weighted by Crippen LogP contribution is -2.62. The number of benzene rings is 6. The van der Waals surface area contributed by atoms with Crippen molar-refractivity contribution in [1.82, 2.24) is 5.32 Å². The molecule has 0 radical (unpaired) electrons. The third-order valence-corrected chi connectivity index (χ3v) is 15.7. The molecule has 6 aromatic carbocycles. The molecule has 1 N–H and O–H groups in total. The average Bonchev–Trinajstić information content (AvgIpc) is 3.22. The van der Waals surface area contributed by atoms with Gasteiger partial charge < -0.3 is 19.8 Å². The molecule has 4 aliphatic rings. The third-order valence-electron chi connectivity index (χ3n) is 10.6. The van der Waals surface area contributed by atoms with E-state index in [1.165, 1.54) is 48.6 Å². The first-order valence-corrected chi connectivity index (χ1v) is 24.0. The zero-order valence-electron chi connectivity index (χ0n) is 33.1. The number of carbonyl (C=O) groups excluding carboxylic acids is 1. The summed E-state index contributed by atoms with van der Waals surface area (Å²) in [6.07, 6.45) is 3.08. The molecular formula is C49H49F2NO5S3. The lowest BCUT2D eigenvalue weighted by atomic mass is 9.53. The summed E-state index contributed by atoms with van der Waals surface area (Å²) < 4.78 is 50.1. The molecule has 312 valence electrons. The Morgan fingerprint density at radius 1 is 0.533 bits per heavy atom. The number of alkyl halides is 2. The fourth-order valence-electron chi connectivity index (χ4n) is 8.79. The Labute approximate surface area is 358 Å². The van der Waals surface area contributed by atoms with Gasteiger partial charge in [0.25, 0.3) is 6.43 Å². The molecule has 0 aliphatic heterocycles. The van der Waals surface area contributed by atoms with Crippen LogP contribution in [0.1, 0.15) is 38.5 Å². The van der Waals surface area contributed by atoms with Crippen molar-refractivity contribution < 1.29 is 31.7 Å². The van der Waals surface area contributed by atoms with E-state index in [0.29, 0.717) is 0 Å². The van der Waals surface area contributed by atoms with E-state index in [1.54, 1.807) is 0 Å². The Hall–Kier alpha value is -4.94. The fourth-order valence-corrected chi connectivity index (χ4v) is 13.3. The summed E-state index contributed by atoms with van der Waals surface area (Å²) in [5.74, 6) is 0.766. The molecule has 0 heterocycles. The van der Waals surface area contributed by atoms with Crippen LogP contribution in [0.25, 0.3) is 0 Å². The first-order valence-electron chi connectivity index (χ1n) is 20.0. The second-order valence-corrected chi connectivity index (χ2v) is 20.7. The largest absolute Gasteiger partial charge is 0.748 e.